The van der Waals surface area contributed by atoms with Crippen LogP contribution in [0.2, 0.25) is 0 Å². The minimum atomic E-state index is -4.83. The molecule has 21 heavy (non-hydrogen) atoms. The number of alkyl halides is 3. The minimum absolute atomic E-state index is 0.0797. The zero-order valence-electron chi connectivity index (χ0n) is 11.4. The molecule has 7 heteroatoms. The zero-order chi connectivity index (χ0) is 15.6. The molecule has 1 aliphatic heterocycles. The van der Waals surface area contributed by atoms with E-state index in [0.29, 0.717) is 23.5 Å². The number of hydrogen-bond acceptors (Lipinski definition) is 2. The molecule has 1 aromatic rings. The first kappa shape index (κ1) is 16.1. The van der Waals surface area contributed by atoms with Crippen molar-refractivity contribution in [2.45, 2.75) is 26.1 Å². The molecule has 0 aliphatic carbocycles. The average Bonchev–Trinajstić information content (AvgIpc) is 2.36. The molecular weight excluding hydrogens is 351 g/mol. The quantitative estimate of drug-likeness (QED) is 0.785. The summed E-state index contributed by atoms with van der Waals surface area (Å²) in [5.74, 6) is -0.564. The fourth-order valence-electron chi connectivity index (χ4n) is 2.45. The number of carbonyl (C=O) groups excluding carboxylic acids is 1. The molecule has 1 amide bonds. The van der Waals surface area contributed by atoms with Gasteiger partial charge in [0.25, 0.3) is 5.91 Å². The number of likely N-dealkylation sites (tertiary alicyclic amines) is 1. The van der Waals surface area contributed by atoms with E-state index in [-0.39, 0.29) is 5.56 Å². The van der Waals surface area contributed by atoms with Crippen molar-refractivity contribution in [1.82, 2.24) is 4.90 Å². The van der Waals surface area contributed by atoms with Crippen LogP contribution in [0.5, 0.6) is 5.75 Å². The van der Waals surface area contributed by atoms with Gasteiger partial charge in [-0.2, -0.15) is 0 Å². The molecule has 1 aliphatic rings. The molecule has 0 spiro atoms. The van der Waals surface area contributed by atoms with Gasteiger partial charge in [-0.05, 0) is 46.8 Å². The molecule has 3 nitrogen and oxygen atoms in total. The lowest BCUT2D eigenvalue weighted by atomic mass is 9.99. The first-order valence-electron chi connectivity index (χ1n) is 6.61. The molecule has 1 fully saturated rings. The highest BCUT2D eigenvalue weighted by Crippen LogP contribution is 2.33. The Labute approximate surface area is 129 Å². The predicted octanol–water partition coefficient (Wildman–Crippen LogP) is 4.22. The minimum Gasteiger partial charge on any atom is -0.405 e. The van der Waals surface area contributed by atoms with E-state index in [0.717, 1.165) is 18.9 Å². The van der Waals surface area contributed by atoms with Crippen LogP contribution in [0.4, 0.5) is 13.2 Å². The Morgan fingerprint density at radius 3 is 2.76 bits per heavy atom. The number of ether oxygens (including phenoxy) is 1. The molecule has 0 aromatic heterocycles. The number of rotatable bonds is 2. The fourth-order valence-corrected chi connectivity index (χ4v) is 2.97. The third-order valence-corrected chi connectivity index (χ3v) is 4.02. The molecule has 0 bridgehead atoms. The summed E-state index contributed by atoms with van der Waals surface area (Å²) >= 11 is 3.14. The predicted molar refractivity (Wildman–Crippen MR) is 75.1 cm³/mol. The molecule has 1 aromatic carbocycles. The highest BCUT2D eigenvalue weighted by atomic mass is 79.9. The molecule has 1 unspecified atom stereocenters. The first-order valence-corrected chi connectivity index (χ1v) is 7.41. The van der Waals surface area contributed by atoms with Crippen LogP contribution in [0.3, 0.4) is 0 Å². The van der Waals surface area contributed by atoms with E-state index in [1.54, 1.807) is 4.90 Å². The van der Waals surface area contributed by atoms with Gasteiger partial charge in [-0.25, -0.2) is 0 Å². The second kappa shape index (κ2) is 6.25. The number of benzene rings is 1. The van der Waals surface area contributed by atoms with Gasteiger partial charge in [0, 0.05) is 17.6 Å². The van der Waals surface area contributed by atoms with E-state index < -0.39 is 18.0 Å². The van der Waals surface area contributed by atoms with Crippen molar-refractivity contribution in [3.05, 3.63) is 28.2 Å². The lowest BCUT2D eigenvalue weighted by Gasteiger charge is -2.31. The van der Waals surface area contributed by atoms with Crippen molar-refractivity contribution >= 4 is 21.8 Å². The SMILES string of the molecule is CC1CCCN(C(=O)c2c(Br)cccc2OC(F)(F)F)C1. The van der Waals surface area contributed by atoms with Crippen LogP contribution < -0.4 is 4.74 Å². The first-order chi connectivity index (χ1) is 9.78. The number of amides is 1. The number of hydrogen-bond donors (Lipinski definition) is 0. The topological polar surface area (TPSA) is 29.5 Å². The monoisotopic (exact) mass is 365 g/mol. The Balaban J connectivity index is 2.31. The summed E-state index contributed by atoms with van der Waals surface area (Å²) < 4.78 is 41.6. The third-order valence-electron chi connectivity index (χ3n) is 3.36. The zero-order valence-corrected chi connectivity index (χ0v) is 13.0. The van der Waals surface area contributed by atoms with Crippen LogP contribution >= 0.6 is 15.9 Å². The molecule has 116 valence electrons. The summed E-state index contributed by atoms with van der Waals surface area (Å²) in [5.41, 5.74) is -0.0797. The van der Waals surface area contributed by atoms with Gasteiger partial charge >= 0.3 is 6.36 Å². The number of halogens is 4. The summed E-state index contributed by atoms with van der Waals surface area (Å²) in [6.07, 6.45) is -2.95. The molecule has 0 radical (unpaired) electrons. The highest BCUT2D eigenvalue weighted by molar-refractivity contribution is 9.10. The van der Waals surface area contributed by atoms with Crippen molar-refractivity contribution in [2.75, 3.05) is 13.1 Å². The van der Waals surface area contributed by atoms with Gasteiger partial charge in [-0.1, -0.05) is 13.0 Å². The van der Waals surface area contributed by atoms with E-state index >= 15 is 0 Å². The van der Waals surface area contributed by atoms with E-state index in [4.69, 9.17) is 0 Å². The third kappa shape index (κ3) is 4.12. The number of piperidine rings is 1. The molecular formula is C14H15BrF3NO2. The number of nitrogens with zero attached hydrogens (tertiary/aromatic N) is 1. The molecule has 0 N–H and O–H groups in total. The van der Waals surface area contributed by atoms with Crippen molar-refractivity contribution in [2.24, 2.45) is 5.92 Å². The van der Waals surface area contributed by atoms with Crippen molar-refractivity contribution in [3.63, 3.8) is 0 Å². The van der Waals surface area contributed by atoms with Crippen molar-refractivity contribution in [3.8, 4) is 5.75 Å². The van der Waals surface area contributed by atoms with Crippen LogP contribution in [0.25, 0.3) is 0 Å². The molecule has 2 rings (SSSR count). The standard InChI is InChI=1S/C14H15BrF3NO2/c1-9-4-3-7-19(8-9)13(20)12-10(15)5-2-6-11(12)21-14(16,17)18/h2,5-6,9H,3-4,7-8H2,1H3. The fraction of sp³-hybridized carbons (Fsp3) is 0.500. The summed E-state index contributed by atoms with van der Waals surface area (Å²) in [6.45, 7) is 3.12. The van der Waals surface area contributed by atoms with E-state index in [9.17, 15) is 18.0 Å². The lowest BCUT2D eigenvalue weighted by Crippen LogP contribution is -2.39. The highest BCUT2D eigenvalue weighted by Gasteiger charge is 2.34. The van der Waals surface area contributed by atoms with Crippen LogP contribution in [-0.4, -0.2) is 30.3 Å². The van der Waals surface area contributed by atoms with Gasteiger partial charge in [0.2, 0.25) is 0 Å². The van der Waals surface area contributed by atoms with E-state index in [1.807, 2.05) is 6.92 Å². The van der Waals surface area contributed by atoms with Crippen LogP contribution in [0, 0.1) is 5.92 Å². The normalized spacial score (nSPS) is 19.5. The summed E-state index contributed by atoms with van der Waals surface area (Å²) in [4.78, 5) is 14.1. The van der Waals surface area contributed by atoms with Gasteiger partial charge in [-0.3, -0.25) is 4.79 Å². The summed E-state index contributed by atoms with van der Waals surface area (Å²) in [6, 6.07) is 4.09. The maximum Gasteiger partial charge on any atom is 0.573 e. The Bertz CT molecular complexity index is 533. The molecule has 1 saturated heterocycles. The van der Waals surface area contributed by atoms with Gasteiger partial charge in [0.15, 0.2) is 0 Å². The maximum atomic E-state index is 12.5. The number of carbonyl (C=O) groups is 1. The molecule has 1 atom stereocenters. The van der Waals surface area contributed by atoms with Crippen LogP contribution in [-0.2, 0) is 0 Å². The molecule has 1 heterocycles. The van der Waals surface area contributed by atoms with Crippen LogP contribution in [0.15, 0.2) is 22.7 Å². The van der Waals surface area contributed by atoms with Crippen LogP contribution in [0.1, 0.15) is 30.1 Å². The largest absolute Gasteiger partial charge is 0.573 e. The van der Waals surface area contributed by atoms with E-state index in [1.165, 1.54) is 12.1 Å². The van der Waals surface area contributed by atoms with Gasteiger partial charge < -0.3 is 9.64 Å². The maximum absolute atomic E-state index is 12.5. The summed E-state index contributed by atoms with van der Waals surface area (Å²) in [7, 11) is 0. The van der Waals surface area contributed by atoms with E-state index in [2.05, 4.69) is 20.7 Å². The summed E-state index contributed by atoms with van der Waals surface area (Å²) in [5, 5.41) is 0. The smallest absolute Gasteiger partial charge is 0.405 e. The second-order valence-corrected chi connectivity index (χ2v) is 6.01. The molecule has 0 saturated carbocycles. The Morgan fingerprint density at radius 2 is 2.14 bits per heavy atom. The van der Waals surface area contributed by atoms with Crippen molar-refractivity contribution < 1.29 is 22.7 Å². The van der Waals surface area contributed by atoms with Gasteiger partial charge in [-0.15, -0.1) is 13.2 Å². The Kier molecular flexibility index (Phi) is 4.81. The lowest BCUT2D eigenvalue weighted by molar-refractivity contribution is -0.274. The Hall–Kier alpha value is -1.24. The van der Waals surface area contributed by atoms with Gasteiger partial charge in [0.1, 0.15) is 5.75 Å². The van der Waals surface area contributed by atoms with Gasteiger partial charge in [0.05, 0.1) is 5.56 Å². The van der Waals surface area contributed by atoms with Crippen molar-refractivity contribution in [1.29, 1.82) is 0 Å². The second-order valence-electron chi connectivity index (χ2n) is 5.16. The average molecular weight is 366 g/mol. The Morgan fingerprint density at radius 1 is 1.43 bits per heavy atom.